The van der Waals surface area contributed by atoms with E-state index in [1.807, 2.05) is 6.08 Å². The number of ether oxygens (including phenoxy) is 1. The number of esters is 1. The number of unbranched alkanes of at least 4 members (excludes halogenated alkanes) is 5. The van der Waals surface area contributed by atoms with Crippen LogP contribution in [0.1, 0.15) is 44.9 Å². The summed E-state index contributed by atoms with van der Waals surface area (Å²) in [4.78, 5) is 20.8. The minimum Gasteiger partial charge on any atom is -0.469 e. The molecule has 3 heteroatoms. The maximum atomic E-state index is 10.8. The van der Waals surface area contributed by atoms with Crippen molar-refractivity contribution in [1.29, 1.82) is 0 Å². The zero-order valence-corrected chi connectivity index (χ0v) is 10.6. The third-order valence-corrected chi connectivity index (χ3v) is 2.42. The molecule has 17 heavy (non-hydrogen) atoms. The summed E-state index contributed by atoms with van der Waals surface area (Å²) in [6, 6.07) is 0. The van der Waals surface area contributed by atoms with Crippen LogP contribution in [0.5, 0.6) is 0 Å². The summed E-state index contributed by atoms with van der Waals surface area (Å²) >= 11 is 0. The van der Waals surface area contributed by atoms with Crippen LogP contribution in [-0.4, -0.2) is 19.4 Å². The minimum absolute atomic E-state index is 0.116. The lowest BCUT2D eigenvalue weighted by atomic mass is 10.1. The van der Waals surface area contributed by atoms with Crippen molar-refractivity contribution in [3.05, 3.63) is 24.3 Å². The molecule has 0 aliphatic heterocycles. The molecular weight excluding hydrogens is 216 g/mol. The van der Waals surface area contributed by atoms with E-state index < -0.39 is 0 Å². The van der Waals surface area contributed by atoms with E-state index in [0.29, 0.717) is 6.42 Å². The fraction of sp³-hybridized carbons (Fsp3) is 0.571. The Balaban J connectivity index is 3.18. The van der Waals surface area contributed by atoms with Crippen molar-refractivity contribution in [2.45, 2.75) is 44.9 Å². The van der Waals surface area contributed by atoms with Crippen LogP contribution in [0, 0.1) is 0 Å². The summed E-state index contributed by atoms with van der Waals surface area (Å²) in [7, 11) is 1.42. The minimum atomic E-state index is -0.116. The van der Waals surface area contributed by atoms with Crippen molar-refractivity contribution in [1.82, 2.24) is 0 Å². The molecule has 0 atom stereocenters. The highest BCUT2D eigenvalue weighted by molar-refractivity contribution is 5.68. The molecule has 0 amide bonds. The highest BCUT2D eigenvalue weighted by Gasteiger charge is 1.98. The number of carbonyl (C=O) groups excluding carboxylic acids is 2. The molecule has 0 aromatic carbocycles. The van der Waals surface area contributed by atoms with Crippen molar-refractivity contribution >= 4 is 12.3 Å². The lowest BCUT2D eigenvalue weighted by Gasteiger charge is -1.99. The largest absolute Gasteiger partial charge is 0.469 e. The second-order valence-corrected chi connectivity index (χ2v) is 3.83. The third-order valence-electron chi connectivity index (χ3n) is 2.42. The Morgan fingerprint density at radius 2 is 1.71 bits per heavy atom. The van der Waals surface area contributed by atoms with Crippen LogP contribution in [0.25, 0.3) is 0 Å². The third kappa shape index (κ3) is 12.6. The Morgan fingerprint density at radius 1 is 1.00 bits per heavy atom. The van der Waals surface area contributed by atoms with Gasteiger partial charge in [0.1, 0.15) is 6.29 Å². The second-order valence-electron chi connectivity index (χ2n) is 3.83. The Morgan fingerprint density at radius 3 is 2.41 bits per heavy atom. The number of allylic oxidation sites excluding steroid dienone is 4. The second kappa shape index (κ2) is 12.7. The number of rotatable bonds is 10. The quantitative estimate of drug-likeness (QED) is 0.193. The van der Waals surface area contributed by atoms with Crippen LogP contribution in [0.2, 0.25) is 0 Å². The molecule has 0 unspecified atom stereocenters. The molecule has 0 heterocycles. The fourth-order valence-corrected chi connectivity index (χ4v) is 1.45. The number of hydrogen-bond donors (Lipinski definition) is 0. The van der Waals surface area contributed by atoms with Gasteiger partial charge >= 0.3 is 5.97 Å². The molecule has 0 aliphatic rings. The fourth-order valence-electron chi connectivity index (χ4n) is 1.45. The summed E-state index contributed by atoms with van der Waals surface area (Å²) in [6.45, 7) is 0. The van der Waals surface area contributed by atoms with Gasteiger partial charge in [0.2, 0.25) is 0 Å². The van der Waals surface area contributed by atoms with Crippen LogP contribution in [0.4, 0.5) is 0 Å². The highest BCUT2D eigenvalue weighted by atomic mass is 16.5. The van der Waals surface area contributed by atoms with Crippen LogP contribution < -0.4 is 0 Å². The summed E-state index contributed by atoms with van der Waals surface area (Å²) < 4.78 is 4.56. The Bertz CT molecular complexity index is 254. The molecule has 0 spiro atoms. The first-order valence-electron chi connectivity index (χ1n) is 6.15. The van der Waals surface area contributed by atoms with Crippen molar-refractivity contribution in [3.8, 4) is 0 Å². The van der Waals surface area contributed by atoms with E-state index in [4.69, 9.17) is 0 Å². The molecule has 0 N–H and O–H groups in total. The van der Waals surface area contributed by atoms with Crippen LogP contribution in [0.3, 0.4) is 0 Å². The number of methoxy groups -OCH3 is 1. The van der Waals surface area contributed by atoms with E-state index in [1.54, 1.807) is 6.08 Å². The van der Waals surface area contributed by atoms with E-state index in [1.165, 1.54) is 19.6 Å². The molecule has 3 nitrogen and oxygen atoms in total. The first kappa shape index (κ1) is 15.6. The van der Waals surface area contributed by atoms with Gasteiger partial charge in [-0.25, -0.2) is 0 Å². The van der Waals surface area contributed by atoms with Crippen molar-refractivity contribution in [2.75, 3.05) is 7.11 Å². The van der Waals surface area contributed by atoms with E-state index in [2.05, 4.69) is 10.8 Å². The van der Waals surface area contributed by atoms with E-state index >= 15 is 0 Å². The van der Waals surface area contributed by atoms with Gasteiger partial charge in [-0.15, -0.1) is 0 Å². The van der Waals surface area contributed by atoms with Gasteiger partial charge in [0.05, 0.1) is 7.11 Å². The predicted octanol–water partition coefficient (Wildman–Crippen LogP) is 3.20. The smallest absolute Gasteiger partial charge is 0.305 e. The Labute approximate surface area is 104 Å². The monoisotopic (exact) mass is 238 g/mol. The number of carbonyl (C=O) groups is 2. The molecule has 0 bridgehead atoms. The first-order valence-corrected chi connectivity index (χ1v) is 6.15. The highest BCUT2D eigenvalue weighted by Crippen LogP contribution is 2.07. The van der Waals surface area contributed by atoms with Gasteiger partial charge in [0.15, 0.2) is 0 Å². The van der Waals surface area contributed by atoms with Gasteiger partial charge in [-0.2, -0.15) is 0 Å². The van der Waals surface area contributed by atoms with Gasteiger partial charge in [-0.1, -0.05) is 37.5 Å². The number of aldehydes is 1. The molecule has 96 valence electrons. The predicted molar refractivity (Wildman–Crippen MR) is 68.7 cm³/mol. The summed E-state index contributed by atoms with van der Waals surface area (Å²) in [5.74, 6) is -0.116. The summed E-state index contributed by atoms with van der Waals surface area (Å²) in [6.07, 6.45) is 15.0. The van der Waals surface area contributed by atoms with E-state index in [-0.39, 0.29) is 5.97 Å². The molecule has 0 rings (SSSR count). The van der Waals surface area contributed by atoms with Crippen molar-refractivity contribution in [3.63, 3.8) is 0 Å². The lowest BCUT2D eigenvalue weighted by Crippen LogP contribution is -1.98. The van der Waals surface area contributed by atoms with E-state index in [0.717, 1.165) is 38.4 Å². The van der Waals surface area contributed by atoms with Gasteiger partial charge in [0.25, 0.3) is 0 Å². The molecule has 0 saturated carbocycles. The zero-order chi connectivity index (χ0) is 12.8. The average molecular weight is 238 g/mol. The van der Waals surface area contributed by atoms with Crippen molar-refractivity contribution in [2.24, 2.45) is 0 Å². The maximum absolute atomic E-state index is 10.8. The standard InChI is InChI=1S/C14H22O3/c1-17-14(16)12-10-8-6-4-2-3-5-7-9-11-13-15/h5,7,9,11,13H,2-4,6,8,10,12H2,1H3. The maximum Gasteiger partial charge on any atom is 0.305 e. The molecular formula is C14H22O3. The van der Waals surface area contributed by atoms with E-state index in [9.17, 15) is 9.59 Å². The molecule has 0 aliphatic carbocycles. The van der Waals surface area contributed by atoms with Gasteiger partial charge in [0, 0.05) is 6.42 Å². The van der Waals surface area contributed by atoms with Crippen LogP contribution in [0.15, 0.2) is 24.3 Å². The lowest BCUT2D eigenvalue weighted by molar-refractivity contribution is -0.140. The zero-order valence-electron chi connectivity index (χ0n) is 10.6. The molecule has 0 saturated heterocycles. The number of hydrogen-bond acceptors (Lipinski definition) is 3. The van der Waals surface area contributed by atoms with Crippen molar-refractivity contribution < 1.29 is 14.3 Å². The first-order chi connectivity index (χ1) is 8.31. The molecule has 0 aromatic rings. The molecule has 0 fully saturated rings. The normalized spacial score (nSPS) is 11.1. The average Bonchev–Trinajstić information content (AvgIpc) is 2.35. The van der Waals surface area contributed by atoms with Gasteiger partial charge < -0.3 is 4.74 Å². The Hall–Kier alpha value is -1.38. The molecule has 0 radical (unpaired) electrons. The Kier molecular flexibility index (Phi) is 11.7. The SMILES string of the molecule is COC(=O)CCCCCCCC=CC=CC=O. The van der Waals surface area contributed by atoms with Gasteiger partial charge in [-0.05, 0) is 25.3 Å². The summed E-state index contributed by atoms with van der Waals surface area (Å²) in [5.41, 5.74) is 0. The van der Waals surface area contributed by atoms with Gasteiger partial charge in [-0.3, -0.25) is 9.59 Å². The topological polar surface area (TPSA) is 43.4 Å². The van der Waals surface area contributed by atoms with Crippen LogP contribution >= 0.6 is 0 Å². The van der Waals surface area contributed by atoms with Crippen LogP contribution in [-0.2, 0) is 14.3 Å². The summed E-state index contributed by atoms with van der Waals surface area (Å²) in [5, 5.41) is 0. The molecule has 0 aromatic heterocycles.